The molecule has 3 aromatic rings. The number of carbonyl (C=O) groups is 3. The van der Waals surface area contributed by atoms with E-state index >= 15 is 0 Å². The number of furan rings is 1. The normalized spacial score (nSPS) is 11.2. The fourth-order valence-corrected chi connectivity index (χ4v) is 3.10. The van der Waals surface area contributed by atoms with Crippen LogP contribution in [0.2, 0.25) is 0 Å². The first kappa shape index (κ1) is 26.2. The highest BCUT2D eigenvalue weighted by Gasteiger charge is 2.08. The molecule has 0 spiro atoms. The summed E-state index contributed by atoms with van der Waals surface area (Å²) < 4.78 is 16.3. The van der Waals surface area contributed by atoms with Gasteiger partial charge in [-0.15, -0.1) is 0 Å². The molecule has 1 aromatic heterocycles. The van der Waals surface area contributed by atoms with Gasteiger partial charge in [-0.05, 0) is 60.2 Å². The molecule has 0 bridgehead atoms. The van der Waals surface area contributed by atoms with Gasteiger partial charge in [-0.1, -0.05) is 28.1 Å². The second kappa shape index (κ2) is 13.4. The van der Waals surface area contributed by atoms with Crippen molar-refractivity contribution in [2.75, 3.05) is 13.7 Å². The summed E-state index contributed by atoms with van der Waals surface area (Å²) >= 11 is 3.34. The van der Waals surface area contributed by atoms with Crippen LogP contribution in [0.4, 0.5) is 0 Å². The minimum absolute atomic E-state index is 0.238. The molecule has 36 heavy (non-hydrogen) atoms. The highest BCUT2D eigenvalue weighted by Crippen LogP contribution is 2.22. The van der Waals surface area contributed by atoms with E-state index in [-0.39, 0.29) is 12.3 Å². The van der Waals surface area contributed by atoms with E-state index in [1.807, 2.05) is 0 Å². The number of esters is 1. The summed E-state index contributed by atoms with van der Waals surface area (Å²) in [5, 5.41) is 6.34. The zero-order chi connectivity index (χ0) is 25.8. The van der Waals surface area contributed by atoms with Crippen molar-refractivity contribution in [3.05, 3.63) is 94.4 Å². The third kappa shape index (κ3) is 8.73. The van der Waals surface area contributed by atoms with Crippen molar-refractivity contribution in [1.82, 2.24) is 10.7 Å². The molecule has 9 nitrogen and oxygen atoms in total. The fourth-order valence-electron chi connectivity index (χ4n) is 2.72. The number of halogens is 1. The maximum atomic E-state index is 12.1. The van der Waals surface area contributed by atoms with Gasteiger partial charge in [0.25, 0.3) is 5.91 Å². The van der Waals surface area contributed by atoms with E-state index in [4.69, 9.17) is 13.9 Å². The molecule has 0 radical (unpaired) electrons. The Morgan fingerprint density at radius 1 is 1.06 bits per heavy atom. The molecule has 0 atom stereocenters. The summed E-state index contributed by atoms with van der Waals surface area (Å²) in [7, 11) is 1.57. The molecule has 0 saturated heterocycles. The predicted molar refractivity (Wildman–Crippen MR) is 138 cm³/mol. The number of rotatable bonds is 10. The van der Waals surface area contributed by atoms with Crippen molar-refractivity contribution in [1.29, 1.82) is 0 Å². The number of nitrogens with one attached hydrogen (secondary N) is 2. The number of hydrogen-bond donors (Lipinski definition) is 2. The number of benzene rings is 2. The molecule has 10 heteroatoms. The van der Waals surface area contributed by atoms with Crippen LogP contribution in [0, 0.1) is 0 Å². The lowest BCUT2D eigenvalue weighted by Gasteiger charge is -2.06. The monoisotopic (exact) mass is 551 g/mol. The summed E-state index contributed by atoms with van der Waals surface area (Å²) in [6, 6.07) is 15.5. The van der Waals surface area contributed by atoms with E-state index < -0.39 is 17.8 Å². The van der Waals surface area contributed by atoms with Gasteiger partial charge < -0.3 is 19.2 Å². The van der Waals surface area contributed by atoms with Crippen molar-refractivity contribution in [2.45, 2.75) is 0 Å². The first-order valence-corrected chi connectivity index (χ1v) is 11.4. The highest BCUT2D eigenvalue weighted by atomic mass is 79.9. The Morgan fingerprint density at radius 3 is 2.58 bits per heavy atom. The Kier molecular flexibility index (Phi) is 9.78. The average Bonchev–Trinajstić information content (AvgIpc) is 3.40. The second-order valence-electron chi connectivity index (χ2n) is 7.07. The van der Waals surface area contributed by atoms with Gasteiger partial charge in [0.05, 0.1) is 26.1 Å². The Hall–Kier alpha value is -4.44. The van der Waals surface area contributed by atoms with Crippen molar-refractivity contribution in [3.8, 4) is 11.5 Å². The van der Waals surface area contributed by atoms with Crippen LogP contribution >= 0.6 is 15.9 Å². The molecule has 184 valence electrons. The van der Waals surface area contributed by atoms with Crippen LogP contribution in [0.25, 0.3) is 12.2 Å². The van der Waals surface area contributed by atoms with Gasteiger partial charge in [-0.3, -0.25) is 9.59 Å². The second-order valence-corrected chi connectivity index (χ2v) is 7.99. The molecular formula is C26H22BrN3O6. The molecule has 0 aliphatic carbocycles. The number of methoxy groups -OCH3 is 1. The van der Waals surface area contributed by atoms with Gasteiger partial charge in [-0.25, -0.2) is 10.2 Å². The molecule has 0 aliphatic heterocycles. The van der Waals surface area contributed by atoms with Crippen LogP contribution in [0.15, 0.2) is 87.0 Å². The van der Waals surface area contributed by atoms with Crippen LogP contribution < -0.4 is 20.2 Å². The number of hydrazone groups is 1. The van der Waals surface area contributed by atoms with Crippen molar-refractivity contribution < 1.29 is 28.3 Å². The summed E-state index contributed by atoms with van der Waals surface area (Å²) in [5.74, 6) is -0.124. The lowest BCUT2D eigenvalue weighted by Crippen LogP contribution is -2.34. The smallest absolute Gasteiger partial charge is 0.336 e. The van der Waals surface area contributed by atoms with Crippen molar-refractivity contribution in [3.63, 3.8) is 0 Å². The largest absolute Gasteiger partial charge is 0.497 e. The molecule has 0 unspecified atom stereocenters. The Balaban J connectivity index is 1.49. The van der Waals surface area contributed by atoms with Crippen LogP contribution in [-0.2, 0) is 14.4 Å². The van der Waals surface area contributed by atoms with E-state index in [1.54, 1.807) is 67.8 Å². The Bertz CT molecular complexity index is 1280. The summed E-state index contributed by atoms with van der Waals surface area (Å²) in [6.07, 6.45) is 8.47. The van der Waals surface area contributed by atoms with Gasteiger partial charge in [0.2, 0.25) is 5.91 Å². The minimum Gasteiger partial charge on any atom is -0.497 e. The number of hydrogen-bond acceptors (Lipinski definition) is 7. The molecule has 1 heterocycles. The Labute approximate surface area is 215 Å². The van der Waals surface area contributed by atoms with Crippen LogP contribution in [0.5, 0.6) is 11.5 Å². The van der Waals surface area contributed by atoms with Gasteiger partial charge in [0.15, 0.2) is 0 Å². The van der Waals surface area contributed by atoms with E-state index in [1.165, 1.54) is 30.7 Å². The zero-order valence-electron chi connectivity index (χ0n) is 19.1. The Morgan fingerprint density at radius 2 is 1.86 bits per heavy atom. The quantitative estimate of drug-likeness (QED) is 0.129. The fraction of sp³-hybridized carbons (Fsp3) is 0.0769. The number of carbonyl (C=O) groups excluding carboxylic acids is 3. The standard InChI is InChI=1S/C26H22BrN3O6/c1-34-21-8-4-18(5-9-21)6-12-24(31)28-17-25(32)30-29-16-19-15-20(27)7-11-23(19)36-26(33)13-10-22-3-2-14-35-22/h2-16H,17H2,1H3,(H,28,31)(H,30,32)/b12-6+,13-10+,29-16+. The van der Waals surface area contributed by atoms with E-state index in [2.05, 4.69) is 31.8 Å². The average molecular weight is 552 g/mol. The lowest BCUT2D eigenvalue weighted by atomic mass is 10.2. The van der Waals surface area contributed by atoms with E-state index in [0.29, 0.717) is 17.1 Å². The van der Waals surface area contributed by atoms with Gasteiger partial charge in [0.1, 0.15) is 17.3 Å². The third-order valence-corrected chi connectivity index (χ3v) is 4.96. The van der Waals surface area contributed by atoms with E-state index in [9.17, 15) is 14.4 Å². The van der Waals surface area contributed by atoms with Crippen LogP contribution in [0.1, 0.15) is 16.9 Å². The molecule has 0 fully saturated rings. The number of amides is 2. The molecule has 2 N–H and O–H groups in total. The number of nitrogens with zero attached hydrogens (tertiary/aromatic N) is 1. The molecule has 2 aromatic carbocycles. The first-order chi connectivity index (χ1) is 17.4. The molecule has 2 amide bonds. The van der Waals surface area contributed by atoms with Crippen molar-refractivity contribution in [2.24, 2.45) is 5.10 Å². The highest BCUT2D eigenvalue weighted by molar-refractivity contribution is 9.10. The zero-order valence-corrected chi connectivity index (χ0v) is 20.7. The molecule has 3 rings (SSSR count). The first-order valence-electron chi connectivity index (χ1n) is 10.6. The van der Waals surface area contributed by atoms with Crippen molar-refractivity contribution >= 4 is 52.1 Å². The van der Waals surface area contributed by atoms with Gasteiger partial charge in [0, 0.05) is 22.2 Å². The summed E-state index contributed by atoms with van der Waals surface area (Å²) in [5.41, 5.74) is 3.56. The SMILES string of the molecule is COc1ccc(/C=C/C(=O)NCC(=O)N/N=C/c2cc(Br)ccc2OC(=O)/C=C/c2ccco2)cc1. The topological polar surface area (TPSA) is 119 Å². The number of ether oxygens (including phenoxy) is 2. The lowest BCUT2D eigenvalue weighted by molar-refractivity contribution is -0.129. The van der Waals surface area contributed by atoms with Crippen LogP contribution in [-0.4, -0.2) is 37.7 Å². The molecular weight excluding hydrogens is 530 g/mol. The molecule has 0 aliphatic rings. The summed E-state index contributed by atoms with van der Waals surface area (Å²) in [6.45, 7) is -0.277. The maximum absolute atomic E-state index is 12.1. The van der Waals surface area contributed by atoms with Gasteiger partial charge >= 0.3 is 5.97 Å². The summed E-state index contributed by atoms with van der Waals surface area (Å²) in [4.78, 5) is 36.1. The maximum Gasteiger partial charge on any atom is 0.336 e. The van der Waals surface area contributed by atoms with Gasteiger partial charge in [-0.2, -0.15) is 5.10 Å². The predicted octanol–water partition coefficient (Wildman–Crippen LogP) is 3.95. The minimum atomic E-state index is -0.613. The van der Waals surface area contributed by atoms with E-state index in [0.717, 1.165) is 10.0 Å². The molecule has 0 saturated carbocycles. The third-order valence-electron chi connectivity index (χ3n) is 4.47. The van der Waals surface area contributed by atoms with Crippen LogP contribution in [0.3, 0.4) is 0 Å².